The van der Waals surface area contributed by atoms with E-state index in [2.05, 4.69) is 22.9 Å². The Bertz CT molecular complexity index is 330. The molecule has 3 nitrogen and oxygen atoms in total. The lowest BCUT2D eigenvalue weighted by Gasteiger charge is -2.20. The number of hydrogen-bond donors (Lipinski definition) is 1. The average molecular weight is 219 g/mol. The first-order chi connectivity index (χ1) is 7.77. The summed E-state index contributed by atoms with van der Waals surface area (Å²) in [5.41, 5.74) is 7.16. The Morgan fingerprint density at radius 3 is 2.88 bits per heavy atom. The summed E-state index contributed by atoms with van der Waals surface area (Å²) in [6, 6.07) is 4.48. The van der Waals surface area contributed by atoms with Crippen molar-refractivity contribution in [2.45, 2.75) is 38.6 Å². The first kappa shape index (κ1) is 11.4. The first-order valence-electron chi connectivity index (χ1n) is 6.22. The van der Waals surface area contributed by atoms with Crippen LogP contribution in [-0.4, -0.2) is 24.1 Å². The second-order valence-corrected chi connectivity index (χ2v) is 4.70. The molecule has 0 radical (unpaired) electrons. The highest BCUT2D eigenvalue weighted by molar-refractivity contribution is 5.47. The molecule has 88 valence electrons. The molecule has 0 aromatic carbocycles. The van der Waals surface area contributed by atoms with Crippen molar-refractivity contribution in [2.75, 3.05) is 18.0 Å². The van der Waals surface area contributed by atoms with Crippen LogP contribution >= 0.6 is 0 Å². The molecule has 1 aliphatic heterocycles. The topological polar surface area (TPSA) is 42.1 Å². The van der Waals surface area contributed by atoms with E-state index in [1.165, 1.54) is 24.2 Å². The van der Waals surface area contributed by atoms with Gasteiger partial charge in [0.25, 0.3) is 0 Å². The van der Waals surface area contributed by atoms with Crippen molar-refractivity contribution in [3.05, 3.63) is 23.9 Å². The van der Waals surface area contributed by atoms with Crippen LogP contribution in [0.25, 0.3) is 0 Å². The minimum Gasteiger partial charge on any atom is -0.356 e. The third-order valence-electron chi connectivity index (χ3n) is 3.14. The van der Waals surface area contributed by atoms with Gasteiger partial charge in [0.2, 0.25) is 0 Å². The molecule has 0 saturated carbocycles. The van der Waals surface area contributed by atoms with E-state index in [1.807, 2.05) is 12.3 Å². The third kappa shape index (κ3) is 2.73. The summed E-state index contributed by atoms with van der Waals surface area (Å²) in [6.07, 6.45) is 6.56. The van der Waals surface area contributed by atoms with Gasteiger partial charge in [-0.05, 0) is 44.2 Å². The zero-order chi connectivity index (χ0) is 11.4. The van der Waals surface area contributed by atoms with Crippen LogP contribution in [0, 0.1) is 0 Å². The highest BCUT2D eigenvalue weighted by Gasteiger charge is 2.16. The summed E-state index contributed by atoms with van der Waals surface area (Å²) in [6.45, 7) is 4.37. The SMILES string of the molecule is C[C@@H](N)CCc1cccnc1N1CCCC1. The summed E-state index contributed by atoms with van der Waals surface area (Å²) in [7, 11) is 0. The van der Waals surface area contributed by atoms with Crippen molar-refractivity contribution in [3.63, 3.8) is 0 Å². The van der Waals surface area contributed by atoms with Gasteiger partial charge in [-0.2, -0.15) is 0 Å². The van der Waals surface area contributed by atoms with Crippen LogP contribution in [0.4, 0.5) is 5.82 Å². The largest absolute Gasteiger partial charge is 0.356 e. The fraction of sp³-hybridized carbons (Fsp3) is 0.615. The van der Waals surface area contributed by atoms with Gasteiger partial charge in [0.15, 0.2) is 0 Å². The monoisotopic (exact) mass is 219 g/mol. The number of hydrogen-bond acceptors (Lipinski definition) is 3. The molecule has 16 heavy (non-hydrogen) atoms. The normalized spacial score (nSPS) is 17.8. The summed E-state index contributed by atoms with van der Waals surface area (Å²) in [4.78, 5) is 6.92. The maximum Gasteiger partial charge on any atom is 0.131 e. The number of pyridine rings is 1. The number of aryl methyl sites for hydroxylation is 1. The van der Waals surface area contributed by atoms with E-state index in [9.17, 15) is 0 Å². The zero-order valence-electron chi connectivity index (χ0n) is 10.0. The van der Waals surface area contributed by atoms with Gasteiger partial charge >= 0.3 is 0 Å². The second kappa shape index (κ2) is 5.30. The van der Waals surface area contributed by atoms with Crippen molar-refractivity contribution in [3.8, 4) is 0 Å². The lowest BCUT2D eigenvalue weighted by atomic mass is 10.1. The molecule has 3 heteroatoms. The van der Waals surface area contributed by atoms with E-state index in [0.717, 1.165) is 25.9 Å². The molecule has 1 aromatic heterocycles. The summed E-state index contributed by atoms with van der Waals surface area (Å²) in [5, 5.41) is 0. The highest BCUT2D eigenvalue weighted by atomic mass is 15.2. The molecule has 1 aliphatic rings. The Morgan fingerprint density at radius 2 is 2.19 bits per heavy atom. The molecule has 2 rings (SSSR count). The molecule has 0 unspecified atom stereocenters. The third-order valence-corrected chi connectivity index (χ3v) is 3.14. The summed E-state index contributed by atoms with van der Waals surface area (Å²) >= 11 is 0. The van der Waals surface area contributed by atoms with Crippen molar-refractivity contribution in [1.82, 2.24) is 4.98 Å². The molecule has 0 aliphatic carbocycles. The van der Waals surface area contributed by atoms with Crippen LogP contribution in [0.3, 0.4) is 0 Å². The number of nitrogens with zero attached hydrogens (tertiary/aromatic N) is 2. The van der Waals surface area contributed by atoms with Gasteiger partial charge in [-0.3, -0.25) is 0 Å². The van der Waals surface area contributed by atoms with Gasteiger partial charge in [-0.25, -0.2) is 4.98 Å². The van der Waals surface area contributed by atoms with Crippen LogP contribution in [0.5, 0.6) is 0 Å². The average Bonchev–Trinajstić information content (AvgIpc) is 2.80. The number of anilines is 1. The van der Waals surface area contributed by atoms with E-state index < -0.39 is 0 Å². The maximum atomic E-state index is 5.81. The number of rotatable bonds is 4. The van der Waals surface area contributed by atoms with Gasteiger partial charge in [-0.1, -0.05) is 6.07 Å². The van der Waals surface area contributed by atoms with Gasteiger partial charge in [0, 0.05) is 25.3 Å². The molecule has 1 atom stereocenters. The molecule has 0 amide bonds. The Kier molecular flexibility index (Phi) is 3.78. The van der Waals surface area contributed by atoms with Gasteiger partial charge in [0.1, 0.15) is 5.82 Å². The predicted octanol–water partition coefficient (Wildman–Crippen LogP) is 1.96. The Hall–Kier alpha value is -1.09. The predicted molar refractivity (Wildman–Crippen MR) is 67.7 cm³/mol. The van der Waals surface area contributed by atoms with Crippen LogP contribution < -0.4 is 10.6 Å². The molecule has 1 fully saturated rings. The molecule has 2 heterocycles. The van der Waals surface area contributed by atoms with Crippen molar-refractivity contribution < 1.29 is 0 Å². The van der Waals surface area contributed by atoms with E-state index in [-0.39, 0.29) is 6.04 Å². The summed E-state index contributed by atoms with van der Waals surface area (Å²) in [5.74, 6) is 1.18. The second-order valence-electron chi connectivity index (χ2n) is 4.70. The maximum absolute atomic E-state index is 5.81. The minimum atomic E-state index is 0.270. The standard InChI is InChI=1S/C13H21N3/c1-11(14)6-7-12-5-4-8-15-13(12)16-9-2-3-10-16/h4-5,8,11H,2-3,6-7,9-10,14H2,1H3/t11-/m1/s1. The van der Waals surface area contributed by atoms with Crippen LogP contribution in [0.15, 0.2) is 18.3 Å². The van der Waals surface area contributed by atoms with E-state index in [0.29, 0.717) is 0 Å². The van der Waals surface area contributed by atoms with E-state index in [1.54, 1.807) is 0 Å². The van der Waals surface area contributed by atoms with Gasteiger partial charge < -0.3 is 10.6 Å². The lowest BCUT2D eigenvalue weighted by Crippen LogP contribution is -2.21. The quantitative estimate of drug-likeness (QED) is 0.841. The smallest absolute Gasteiger partial charge is 0.131 e. The molecule has 0 bridgehead atoms. The van der Waals surface area contributed by atoms with Crippen LogP contribution in [-0.2, 0) is 6.42 Å². The van der Waals surface area contributed by atoms with Crippen LogP contribution in [0.2, 0.25) is 0 Å². The fourth-order valence-corrected chi connectivity index (χ4v) is 2.22. The highest BCUT2D eigenvalue weighted by Crippen LogP contribution is 2.22. The van der Waals surface area contributed by atoms with Gasteiger partial charge in [-0.15, -0.1) is 0 Å². The Morgan fingerprint density at radius 1 is 1.44 bits per heavy atom. The molecule has 1 aromatic rings. The molecule has 1 saturated heterocycles. The van der Waals surface area contributed by atoms with Gasteiger partial charge in [0.05, 0.1) is 0 Å². The molecular formula is C13H21N3. The van der Waals surface area contributed by atoms with Crippen molar-refractivity contribution in [2.24, 2.45) is 5.73 Å². The molecular weight excluding hydrogens is 198 g/mol. The first-order valence-corrected chi connectivity index (χ1v) is 6.22. The lowest BCUT2D eigenvalue weighted by molar-refractivity contribution is 0.664. The van der Waals surface area contributed by atoms with E-state index in [4.69, 9.17) is 5.73 Å². The molecule has 0 spiro atoms. The zero-order valence-corrected chi connectivity index (χ0v) is 10.0. The van der Waals surface area contributed by atoms with Crippen molar-refractivity contribution >= 4 is 5.82 Å². The number of aromatic nitrogens is 1. The Labute approximate surface area is 97.7 Å². The van der Waals surface area contributed by atoms with Crippen molar-refractivity contribution in [1.29, 1.82) is 0 Å². The van der Waals surface area contributed by atoms with Crippen LogP contribution in [0.1, 0.15) is 31.7 Å². The fourth-order valence-electron chi connectivity index (χ4n) is 2.22. The summed E-state index contributed by atoms with van der Waals surface area (Å²) < 4.78 is 0. The molecule has 2 N–H and O–H groups in total. The minimum absolute atomic E-state index is 0.270. The number of nitrogens with two attached hydrogens (primary N) is 1. The Balaban J connectivity index is 2.10. The van der Waals surface area contributed by atoms with E-state index >= 15 is 0 Å².